The molecule has 0 saturated carbocycles. The fourth-order valence-corrected chi connectivity index (χ4v) is 0. The van der Waals surface area contributed by atoms with Gasteiger partial charge in [-0.25, -0.2) is 4.79 Å². The van der Waals surface area contributed by atoms with E-state index in [1.54, 1.807) is 0 Å². The number of carboxylic acids is 1. The zero-order valence-electron chi connectivity index (χ0n) is 6.15. The Labute approximate surface area is 105 Å². The van der Waals surface area contributed by atoms with E-state index in [2.05, 4.69) is 0 Å². The number of carbonyl (C=O) groups is 1. The zero-order valence-corrected chi connectivity index (χ0v) is 10.7. The van der Waals surface area contributed by atoms with Crippen LogP contribution in [0, 0.1) is 0 Å². The Kier molecular flexibility index (Phi) is 17.0. The van der Waals surface area contributed by atoms with E-state index in [1.807, 2.05) is 0 Å². The van der Waals surface area contributed by atoms with Crippen LogP contribution in [0.15, 0.2) is 0 Å². The first-order valence-electron chi connectivity index (χ1n) is 2.35. The van der Waals surface area contributed by atoms with Gasteiger partial charge in [-0.3, -0.25) is 0 Å². The van der Waals surface area contributed by atoms with Gasteiger partial charge in [-0.15, -0.1) is 0 Å². The molecule has 2 N–H and O–H groups in total. The Morgan fingerprint density at radius 3 is 1.23 bits per heavy atom. The molecule has 0 rings (SSSR count). The largest absolute Gasteiger partial charge is 0.478 e. The van der Waals surface area contributed by atoms with E-state index in [0.717, 1.165) is 7.11 Å². The zero-order chi connectivity index (χ0) is 11.7. The summed E-state index contributed by atoms with van der Waals surface area (Å²) in [6.45, 7) is 0. The lowest BCUT2D eigenvalue weighted by atomic mass is 10.8. The van der Waals surface area contributed by atoms with Crippen molar-refractivity contribution in [2.24, 2.45) is 0 Å². The van der Waals surface area contributed by atoms with Crippen LogP contribution in [0.1, 0.15) is 0 Å². The van der Waals surface area contributed by atoms with Crippen LogP contribution < -0.4 is 0 Å². The lowest BCUT2D eigenvalue weighted by Gasteiger charge is -1.99. The Morgan fingerprint density at radius 1 is 1.15 bits per heavy atom. The number of aliphatic carboxylic acids is 1. The van der Waals surface area contributed by atoms with Crippen molar-refractivity contribution >= 4 is 75.6 Å². The Morgan fingerprint density at radius 2 is 1.23 bits per heavy atom. The number of hydrogen-bond acceptors (Lipinski definition) is 2. The number of aliphatic hydroxyl groups is 1. The van der Waals surface area contributed by atoms with Gasteiger partial charge in [0.15, 0.2) is 4.30 Å². The summed E-state index contributed by atoms with van der Waals surface area (Å²) in [5, 5.41) is 14.9. The van der Waals surface area contributed by atoms with Crippen LogP contribution in [-0.2, 0) is 4.79 Å². The average Bonchev–Trinajstić information content (AvgIpc) is 1.88. The van der Waals surface area contributed by atoms with Crippen LogP contribution in [0.3, 0.4) is 0 Å². The van der Waals surface area contributed by atoms with Crippen molar-refractivity contribution in [3.63, 3.8) is 0 Å². The van der Waals surface area contributed by atoms with Crippen molar-refractivity contribution in [2.45, 2.75) is 8.09 Å². The first-order chi connectivity index (χ1) is 5.68. The predicted molar refractivity (Wildman–Crippen MR) is 57.4 cm³/mol. The molecule has 0 aromatic carbocycles. The molecule has 0 aliphatic heterocycles. The van der Waals surface area contributed by atoms with Crippen LogP contribution in [0.4, 0.5) is 0 Å². The third-order valence-electron chi connectivity index (χ3n) is 0.243. The highest BCUT2D eigenvalue weighted by Gasteiger charge is 2.29. The van der Waals surface area contributed by atoms with Gasteiger partial charge in [0.25, 0.3) is 3.79 Å². The summed E-state index contributed by atoms with van der Waals surface area (Å²) in [6, 6.07) is 0. The van der Waals surface area contributed by atoms with Gasteiger partial charge >= 0.3 is 5.97 Å². The predicted octanol–water partition coefficient (Wildman–Crippen LogP) is 3.04. The number of halogens is 6. The molecular formula is C4H6Cl6O3. The SMILES string of the molecule is CO.ClC(Cl)Cl.O=C(O)C(Cl)(Cl)Cl. The van der Waals surface area contributed by atoms with E-state index in [0.29, 0.717) is 0 Å². The molecule has 0 aliphatic rings. The maximum absolute atomic E-state index is 9.62. The first kappa shape index (κ1) is 19.7. The van der Waals surface area contributed by atoms with Gasteiger partial charge in [-0.05, 0) is 0 Å². The molecule has 0 unspecified atom stereocenters. The maximum atomic E-state index is 9.62. The van der Waals surface area contributed by atoms with Crippen molar-refractivity contribution in [1.82, 2.24) is 0 Å². The number of hydrogen-bond donors (Lipinski definition) is 2. The van der Waals surface area contributed by atoms with Gasteiger partial charge < -0.3 is 10.2 Å². The molecule has 0 atom stereocenters. The van der Waals surface area contributed by atoms with Crippen molar-refractivity contribution < 1.29 is 15.0 Å². The van der Waals surface area contributed by atoms with E-state index < -0.39 is 14.1 Å². The highest BCUT2D eigenvalue weighted by Crippen LogP contribution is 2.25. The molecule has 0 fully saturated rings. The summed E-state index contributed by atoms with van der Waals surface area (Å²) in [4.78, 5) is 9.62. The number of alkyl halides is 6. The fraction of sp³-hybridized carbons (Fsp3) is 0.750. The standard InChI is InChI=1S/C2HCl3O2.CHCl3.CH4O/c3-2(4,5)1(6)7;2-1(3)4;1-2/h(H,6,7);1H;2H,1H3. The van der Waals surface area contributed by atoms with Gasteiger partial charge in [-0.1, -0.05) is 69.6 Å². The monoisotopic (exact) mass is 312 g/mol. The van der Waals surface area contributed by atoms with Crippen molar-refractivity contribution in [2.75, 3.05) is 7.11 Å². The van der Waals surface area contributed by atoms with Crippen LogP contribution in [0.25, 0.3) is 0 Å². The molecule has 0 spiro atoms. The number of aliphatic hydroxyl groups excluding tert-OH is 1. The van der Waals surface area contributed by atoms with E-state index in [1.165, 1.54) is 0 Å². The molecule has 0 bridgehead atoms. The van der Waals surface area contributed by atoms with Crippen molar-refractivity contribution in [3.05, 3.63) is 0 Å². The molecule has 0 aromatic heterocycles. The van der Waals surface area contributed by atoms with Crippen LogP contribution in [0.5, 0.6) is 0 Å². The topological polar surface area (TPSA) is 57.5 Å². The van der Waals surface area contributed by atoms with Gasteiger partial charge in [0.2, 0.25) is 0 Å². The second-order valence-corrected chi connectivity index (χ2v) is 5.31. The second kappa shape index (κ2) is 11.2. The number of rotatable bonds is 0. The summed E-state index contributed by atoms with van der Waals surface area (Å²) in [6.07, 6.45) is 0. The molecule has 9 heteroatoms. The normalized spacial score (nSPS) is 9.31. The summed E-state index contributed by atoms with van der Waals surface area (Å²) >= 11 is 28.8. The third kappa shape index (κ3) is 32.0. The molecule has 0 amide bonds. The minimum Gasteiger partial charge on any atom is -0.478 e. The second-order valence-electron chi connectivity index (χ2n) is 1.05. The van der Waals surface area contributed by atoms with Crippen molar-refractivity contribution in [1.29, 1.82) is 0 Å². The van der Waals surface area contributed by atoms with E-state index in [9.17, 15) is 4.79 Å². The molecule has 82 valence electrons. The quantitative estimate of drug-likeness (QED) is 0.676. The summed E-state index contributed by atoms with van der Waals surface area (Å²) in [7, 11) is 1.00. The maximum Gasteiger partial charge on any atom is 0.356 e. The minimum atomic E-state index is -2.17. The minimum absolute atomic E-state index is 0.750. The van der Waals surface area contributed by atoms with Crippen LogP contribution >= 0.6 is 69.6 Å². The van der Waals surface area contributed by atoms with Crippen LogP contribution in [-0.4, -0.2) is 31.4 Å². The van der Waals surface area contributed by atoms with Gasteiger partial charge in [-0.2, -0.15) is 0 Å². The Bertz CT molecular complexity index is 119. The Hall–Kier alpha value is 1.17. The molecule has 0 heterocycles. The average molecular weight is 315 g/mol. The summed E-state index contributed by atoms with van der Waals surface area (Å²) < 4.78 is -2.92. The molecule has 0 radical (unpaired) electrons. The molecule has 0 aromatic rings. The van der Waals surface area contributed by atoms with E-state index >= 15 is 0 Å². The number of carboxylic acid groups (broad SMARTS) is 1. The van der Waals surface area contributed by atoms with E-state index in [-0.39, 0.29) is 0 Å². The smallest absolute Gasteiger partial charge is 0.356 e. The molecule has 0 aliphatic carbocycles. The van der Waals surface area contributed by atoms with Gasteiger partial charge in [0.05, 0.1) is 0 Å². The fourth-order valence-electron chi connectivity index (χ4n) is 0. The molecular weight excluding hydrogens is 309 g/mol. The Balaban J connectivity index is -0.000000142. The highest BCUT2D eigenvalue weighted by molar-refractivity contribution is 6.75. The highest BCUT2D eigenvalue weighted by atomic mass is 35.6. The lowest BCUT2D eigenvalue weighted by Crippen LogP contribution is -2.16. The summed E-state index contributed by atoms with van der Waals surface area (Å²) in [5.74, 6) is -1.46. The summed E-state index contributed by atoms with van der Waals surface area (Å²) in [5.41, 5.74) is 0. The molecule has 13 heavy (non-hydrogen) atoms. The van der Waals surface area contributed by atoms with E-state index in [4.69, 9.17) is 79.8 Å². The first-order valence-corrected chi connectivity index (χ1v) is 4.79. The van der Waals surface area contributed by atoms with Crippen molar-refractivity contribution in [3.8, 4) is 0 Å². The van der Waals surface area contributed by atoms with Gasteiger partial charge in [0.1, 0.15) is 0 Å². The van der Waals surface area contributed by atoms with Crippen LogP contribution in [0.2, 0.25) is 0 Å². The van der Waals surface area contributed by atoms with Gasteiger partial charge in [0, 0.05) is 7.11 Å². The molecule has 0 saturated heterocycles. The lowest BCUT2D eigenvalue weighted by molar-refractivity contribution is -0.135. The molecule has 3 nitrogen and oxygen atoms in total. The third-order valence-corrected chi connectivity index (χ3v) is 0.728.